The summed E-state index contributed by atoms with van der Waals surface area (Å²) in [7, 11) is 0. The largest absolute Gasteiger partial charge is 0.424 e. The molecule has 0 fully saturated rings. The quantitative estimate of drug-likeness (QED) is 0.852. The highest BCUT2D eigenvalue weighted by atomic mass is 79.9. The lowest BCUT2D eigenvalue weighted by atomic mass is 9.96. The monoisotopic (exact) mass is 299 g/mol. The Kier molecular flexibility index (Phi) is 3.96. The molecule has 1 unspecified atom stereocenters. The van der Waals surface area contributed by atoms with E-state index in [1.807, 2.05) is 0 Å². The summed E-state index contributed by atoms with van der Waals surface area (Å²) in [5.41, 5.74) is 1.75. The molecule has 0 saturated heterocycles. The van der Waals surface area contributed by atoms with Crippen LogP contribution in [0.25, 0.3) is 0 Å². The SMILES string of the molecule is NCC(F)(Cc1ccccc1Br)C(F)(F)F. The van der Waals surface area contributed by atoms with Crippen LogP contribution in [0.1, 0.15) is 5.56 Å². The normalized spacial score (nSPS) is 15.9. The molecule has 0 saturated carbocycles. The highest BCUT2D eigenvalue weighted by Crippen LogP contribution is 2.37. The molecule has 90 valence electrons. The van der Waals surface area contributed by atoms with E-state index in [0.29, 0.717) is 4.47 Å². The Hall–Kier alpha value is -0.620. The van der Waals surface area contributed by atoms with Gasteiger partial charge in [-0.1, -0.05) is 34.1 Å². The van der Waals surface area contributed by atoms with Crippen LogP contribution < -0.4 is 5.73 Å². The Morgan fingerprint density at radius 1 is 1.12 bits per heavy atom. The van der Waals surface area contributed by atoms with E-state index in [2.05, 4.69) is 15.9 Å². The van der Waals surface area contributed by atoms with Gasteiger partial charge in [0, 0.05) is 17.4 Å². The van der Waals surface area contributed by atoms with Crippen LogP contribution >= 0.6 is 15.9 Å². The predicted molar refractivity (Wildman–Crippen MR) is 56.8 cm³/mol. The Labute approximate surface area is 98.8 Å². The fourth-order valence-electron chi connectivity index (χ4n) is 1.23. The van der Waals surface area contributed by atoms with Crippen molar-refractivity contribution in [2.45, 2.75) is 18.3 Å². The maximum atomic E-state index is 13.6. The van der Waals surface area contributed by atoms with E-state index >= 15 is 0 Å². The highest BCUT2D eigenvalue weighted by molar-refractivity contribution is 9.10. The lowest BCUT2D eigenvalue weighted by molar-refractivity contribution is -0.226. The number of hydrogen-bond acceptors (Lipinski definition) is 1. The predicted octanol–water partition coefficient (Wildman–Crippen LogP) is 3.22. The van der Waals surface area contributed by atoms with Crippen molar-refractivity contribution in [3.05, 3.63) is 34.3 Å². The number of alkyl halides is 4. The van der Waals surface area contributed by atoms with Crippen molar-refractivity contribution >= 4 is 15.9 Å². The van der Waals surface area contributed by atoms with E-state index in [1.165, 1.54) is 6.07 Å². The van der Waals surface area contributed by atoms with Gasteiger partial charge in [0.2, 0.25) is 5.67 Å². The first kappa shape index (κ1) is 13.4. The summed E-state index contributed by atoms with van der Waals surface area (Å²) in [6, 6.07) is 6.18. The van der Waals surface area contributed by atoms with Gasteiger partial charge in [0.1, 0.15) is 0 Å². The lowest BCUT2D eigenvalue weighted by Crippen LogP contribution is -2.49. The van der Waals surface area contributed by atoms with Crippen LogP contribution in [0.15, 0.2) is 28.7 Å². The molecule has 0 bridgehead atoms. The van der Waals surface area contributed by atoms with Gasteiger partial charge < -0.3 is 5.73 Å². The molecule has 0 amide bonds. The number of benzene rings is 1. The summed E-state index contributed by atoms with van der Waals surface area (Å²) < 4.78 is 51.4. The van der Waals surface area contributed by atoms with Crippen LogP contribution in [0, 0.1) is 0 Å². The molecule has 0 spiro atoms. The van der Waals surface area contributed by atoms with Crippen LogP contribution in [0.5, 0.6) is 0 Å². The zero-order valence-electron chi connectivity index (χ0n) is 8.19. The molecule has 0 aliphatic rings. The first-order valence-corrected chi connectivity index (χ1v) is 5.28. The van der Waals surface area contributed by atoms with Gasteiger partial charge in [0.25, 0.3) is 0 Å². The van der Waals surface area contributed by atoms with Gasteiger partial charge in [-0.2, -0.15) is 13.2 Å². The second kappa shape index (κ2) is 4.71. The van der Waals surface area contributed by atoms with Gasteiger partial charge in [-0.25, -0.2) is 4.39 Å². The maximum Gasteiger partial charge on any atom is 0.424 e. The van der Waals surface area contributed by atoms with E-state index in [9.17, 15) is 17.6 Å². The van der Waals surface area contributed by atoms with Crippen LogP contribution in [-0.2, 0) is 6.42 Å². The smallest absolute Gasteiger partial charge is 0.327 e. The van der Waals surface area contributed by atoms with E-state index in [0.717, 1.165) is 0 Å². The molecule has 0 aliphatic carbocycles. The molecule has 0 aliphatic heterocycles. The molecule has 6 heteroatoms. The summed E-state index contributed by atoms with van der Waals surface area (Å²) in [6.07, 6.45) is -5.74. The summed E-state index contributed by atoms with van der Waals surface area (Å²) in [5.74, 6) is 0. The molecule has 1 rings (SSSR count). The van der Waals surface area contributed by atoms with Crippen molar-refractivity contribution in [2.75, 3.05) is 6.54 Å². The van der Waals surface area contributed by atoms with E-state index < -0.39 is 24.8 Å². The van der Waals surface area contributed by atoms with Crippen LogP contribution in [0.2, 0.25) is 0 Å². The molecule has 0 heterocycles. The first-order valence-electron chi connectivity index (χ1n) is 4.49. The van der Waals surface area contributed by atoms with Gasteiger partial charge in [-0.3, -0.25) is 0 Å². The Morgan fingerprint density at radius 2 is 1.69 bits per heavy atom. The average Bonchev–Trinajstić information content (AvgIpc) is 2.19. The second-order valence-corrected chi connectivity index (χ2v) is 4.29. The summed E-state index contributed by atoms with van der Waals surface area (Å²) >= 11 is 3.07. The zero-order chi connectivity index (χ0) is 12.4. The van der Waals surface area contributed by atoms with Gasteiger partial charge in [0.15, 0.2) is 0 Å². The molecule has 2 N–H and O–H groups in total. The van der Waals surface area contributed by atoms with Crippen molar-refractivity contribution in [3.8, 4) is 0 Å². The highest BCUT2D eigenvalue weighted by Gasteiger charge is 2.54. The molecule has 1 nitrogen and oxygen atoms in total. The fourth-order valence-corrected chi connectivity index (χ4v) is 1.66. The number of rotatable bonds is 3. The fraction of sp³-hybridized carbons (Fsp3) is 0.400. The Morgan fingerprint density at radius 3 is 2.12 bits per heavy atom. The average molecular weight is 300 g/mol. The lowest BCUT2D eigenvalue weighted by Gasteiger charge is -2.26. The number of nitrogens with two attached hydrogens (primary N) is 1. The minimum absolute atomic E-state index is 0.243. The second-order valence-electron chi connectivity index (χ2n) is 3.44. The molecular weight excluding hydrogens is 290 g/mol. The van der Waals surface area contributed by atoms with E-state index in [-0.39, 0.29) is 5.56 Å². The molecule has 16 heavy (non-hydrogen) atoms. The van der Waals surface area contributed by atoms with Crippen molar-refractivity contribution in [3.63, 3.8) is 0 Å². The zero-order valence-corrected chi connectivity index (χ0v) is 9.78. The third kappa shape index (κ3) is 2.74. The topological polar surface area (TPSA) is 26.0 Å². The first-order chi connectivity index (χ1) is 7.30. The molecule has 1 aromatic rings. The standard InChI is InChI=1S/C10H10BrF4N/c11-8-4-2-1-3-7(8)5-9(12,6-16)10(13,14)15/h1-4H,5-6,16H2. The van der Waals surface area contributed by atoms with Crippen LogP contribution in [-0.4, -0.2) is 18.4 Å². The number of halogens is 5. The molecule has 0 aromatic heterocycles. The van der Waals surface area contributed by atoms with Crippen LogP contribution in [0.3, 0.4) is 0 Å². The summed E-state index contributed by atoms with van der Waals surface area (Å²) in [6.45, 7) is -1.09. The van der Waals surface area contributed by atoms with E-state index in [1.54, 1.807) is 18.2 Å². The van der Waals surface area contributed by atoms with Crippen molar-refractivity contribution in [1.29, 1.82) is 0 Å². The van der Waals surface area contributed by atoms with Crippen molar-refractivity contribution < 1.29 is 17.6 Å². The van der Waals surface area contributed by atoms with Crippen molar-refractivity contribution in [2.24, 2.45) is 5.73 Å². The van der Waals surface area contributed by atoms with Gasteiger partial charge in [0.05, 0.1) is 0 Å². The van der Waals surface area contributed by atoms with Gasteiger partial charge in [-0.05, 0) is 11.6 Å². The summed E-state index contributed by atoms with van der Waals surface area (Å²) in [5, 5.41) is 0. The molecular formula is C10H10BrF4N. The molecule has 1 atom stereocenters. The van der Waals surface area contributed by atoms with Crippen molar-refractivity contribution in [1.82, 2.24) is 0 Å². The molecule has 1 aromatic carbocycles. The third-order valence-corrected chi connectivity index (χ3v) is 3.03. The minimum atomic E-state index is -4.96. The Bertz CT molecular complexity index is 366. The minimum Gasteiger partial charge on any atom is -0.327 e. The van der Waals surface area contributed by atoms with Crippen LogP contribution in [0.4, 0.5) is 17.6 Å². The van der Waals surface area contributed by atoms with Gasteiger partial charge >= 0.3 is 6.18 Å². The number of hydrogen-bond donors (Lipinski definition) is 1. The van der Waals surface area contributed by atoms with E-state index in [4.69, 9.17) is 5.73 Å². The third-order valence-electron chi connectivity index (χ3n) is 2.26. The maximum absolute atomic E-state index is 13.6. The van der Waals surface area contributed by atoms with Gasteiger partial charge in [-0.15, -0.1) is 0 Å². The summed E-state index contributed by atoms with van der Waals surface area (Å²) in [4.78, 5) is 0. The molecule has 0 radical (unpaired) electrons. The Balaban J connectivity index is 2.99.